The third kappa shape index (κ3) is 3.82. The van der Waals surface area contributed by atoms with Crippen LogP contribution in [0.5, 0.6) is 0 Å². The van der Waals surface area contributed by atoms with E-state index in [-0.39, 0.29) is 0 Å². The Kier molecular flexibility index (Phi) is 5.75. The van der Waals surface area contributed by atoms with E-state index in [1.807, 2.05) is 32.2 Å². The highest BCUT2D eigenvalue weighted by Gasteiger charge is 2.20. The molecule has 0 radical (unpaired) electrons. The second-order valence-corrected chi connectivity index (χ2v) is 8.47. The van der Waals surface area contributed by atoms with Crippen LogP contribution in [-0.4, -0.2) is 20.4 Å². The summed E-state index contributed by atoms with van der Waals surface area (Å²) >= 11 is 0. The molecule has 166 valence electrons. The zero-order valence-corrected chi connectivity index (χ0v) is 19.2. The molecule has 0 amide bonds. The van der Waals surface area contributed by atoms with Gasteiger partial charge in [0, 0.05) is 39.6 Å². The molecule has 5 aromatic rings. The van der Waals surface area contributed by atoms with Gasteiger partial charge >= 0.3 is 0 Å². The van der Waals surface area contributed by atoms with Gasteiger partial charge in [-0.05, 0) is 43.2 Å². The molecule has 5 nitrogen and oxygen atoms in total. The fraction of sp³-hybridized carbons (Fsp3) is 0.286. The van der Waals surface area contributed by atoms with Crippen molar-refractivity contribution in [2.24, 2.45) is 0 Å². The molecule has 2 N–H and O–H groups in total. The normalized spacial score (nSPS) is 14.2. The van der Waals surface area contributed by atoms with E-state index in [0.29, 0.717) is 11.6 Å². The number of rotatable bonds is 3. The maximum absolute atomic E-state index is 9.34. The highest BCUT2D eigenvalue weighted by atomic mass is 15.1. The Labute approximate surface area is 194 Å². The Bertz CT molecular complexity index is 1460. The minimum Gasteiger partial charge on any atom is -0.367 e. The largest absolute Gasteiger partial charge is 0.367 e. The van der Waals surface area contributed by atoms with Gasteiger partial charge in [0.2, 0.25) is 0 Å². The number of aromatic amines is 1. The summed E-state index contributed by atoms with van der Waals surface area (Å²) in [7, 11) is 0. The standard InChI is InChI=1S/C26H23N5.C2H6/c27-16-17-12-13-31-24(14-17)30-25(26(31)28-19-6-2-1-3-7-19)18-10-11-23-21(15-18)20-8-4-5-9-22(20)29-23;1-2/h4-5,8-15,19,28-29H,1-3,6-7H2;1-2H3. The van der Waals surface area contributed by atoms with Crippen molar-refractivity contribution in [2.45, 2.75) is 52.0 Å². The van der Waals surface area contributed by atoms with Crippen LogP contribution in [0.2, 0.25) is 0 Å². The van der Waals surface area contributed by atoms with Crippen molar-refractivity contribution in [2.75, 3.05) is 5.32 Å². The third-order valence-corrected chi connectivity index (χ3v) is 6.48. The zero-order valence-electron chi connectivity index (χ0n) is 19.2. The van der Waals surface area contributed by atoms with E-state index in [1.165, 1.54) is 42.9 Å². The Hall–Kier alpha value is -3.78. The predicted molar refractivity (Wildman–Crippen MR) is 137 cm³/mol. The smallest absolute Gasteiger partial charge is 0.140 e. The molecule has 3 heterocycles. The molecular formula is C28H29N5. The van der Waals surface area contributed by atoms with E-state index >= 15 is 0 Å². The van der Waals surface area contributed by atoms with Gasteiger partial charge < -0.3 is 10.3 Å². The van der Waals surface area contributed by atoms with Crippen LogP contribution in [-0.2, 0) is 0 Å². The molecule has 2 aromatic carbocycles. The summed E-state index contributed by atoms with van der Waals surface area (Å²) in [5, 5.41) is 15.6. The highest BCUT2D eigenvalue weighted by Crippen LogP contribution is 2.35. The van der Waals surface area contributed by atoms with Crippen molar-refractivity contribution in [3.05, 3.63) is 66.4 Å². The summed E-state index contributed by atoms with van der Waals surface area (Å²) in [6.45, 7) is 4.00. The first kappa shape index (κ1) is 21.1. The topological polar surface area (TPSA) is 68.9 Å². The maximum Gasteiger partial charge on any atom is 0.140 e. The Morgan fingerprint density at radius 2 is 1.76 bits per heavy atom. The molecule has 0 bridgehead atoms. The van der Waals surface area contributed by atoms with E-state index in [0.717, 1.165) is 33.8 Å². The average Bonchev–Trinajstić information content (AvgIpc) is 3.43. The van der Waals surface area contributed by atoms with E-state index in [1.54, 1.807) is 0 Å². The van der Waals surface area contributed by atoms with Crippen LogP contribution in [0.1, 0.15) is 51.5 Å². The van der Waals surface area contributed by atoms with Crippen LogP contribution < -0.4 is 5.32 Å². The number of anilines is 1. The number of imidazole rings is 1. The van der Waals surface area contributed by atoms with Crippen LogP contribution in [0, 0.1) is 11.3 Å². The lowest BCUT2D eigenvalue weighted by molar-refractivity contribution is 0.462. The van der Waals surface area contributed by atoms with Gasteiger partial charge in [-0.15, -0.1) is 0 Å². The molecule has 6 rings (SSSR count). The van der Waals surface area contributed by atoms with Crippen LogP contribution in [0.3, 0.4) is 0 Å². The molecule has 0 atom stereocenters. The summed E-state index contributed by atoms with van der Waals surface area (Å²) < 4.78 is 2.09. The molecule has 1 aliphatic rings. The molecule has 0 unspecified atom stereocenters. The van der Waals surface area contributed by atoms with Gasteiger partial charge in [-0.1, -0.05) is 57.4 Å². The van der Waals surface area contributed by atoms with Crippen LogP contribution in [0.15, 0.2) is 60.8 Å². The molecule has 1 saturated carbocycles. The van der Waals surface area contributed by atoms with Gasteiger partial charge in [0.05, 0.1) is 11.6 Å². The number of nitrogens with zero attached hydrogens (tertiary/aromatic N) is 3. The van der Waals surface area contributed by atoms with Gasteiger partial charge in [0.25, 0.3) is 0 Å². The number of hydrogen-bond acceptors (Lipinski definition) is 3. The molecule has 5 heteroatoms. The minimum atomic E-state index is 0.458. The fourth-order valence-corrected chi connectivity index (χ4v) is 4.89. The monoisotopic (exact) mass is 435 g/mol. The number of hydrogen-bond donors (Lipinski definition) is 2. The SMILES string of the molecule is CC.N#Cc1ccn2c(NC3CCCCC3)c(-c3ccc4[nH]c5ccccc5c4c3)nc2c1. The maximum atomic E-state index is 9.34. The summed E-state index contributed by atoms with van der Waals surface area (Å²) in [4.78, 5) is 8.47. The number of H-pyrrole nitrogens is 1. The average molecular weight is 436 g/mol. The third-order valence-electron chi connectivity index (χ3n) is 6.48. The first-order valence-electron chi connectivity index (χ1n) is 12.0. The number of pyridine rings is 1. The fourth-order valence-electron chi connectivity index (χ4n) is 4.89. The molecule has 1 aliphatic carbocycles. The number of benzene rings is 2. The predicted octanol–water partition coefficient (Wildman–Crippen LogP) is 7.28. The number of nitriles is 1. The number of para-hydroxylation sites is 1. The lowest BCUT2D eigenvalue weighted by Crippen LogP contribution is -2.23. The zero-order chi connectivity index (χ0) is 22.8. The first-order valence-corrected chi connectivity index (χ1v) is 12.0. The van der Waals surface area contributed by atoms with Gasteiger partial charge in [-0.3, -0.25) is 4.40 Å². The summed E-state index contributed by atoms with van der Waals surface area (Å²) in [5.41, 5.74) is 5.71. The molecule has 0 spiro atoms. The Morgan fingerprint density at radius 3 is 2.58 bits per heavy atom. The molecule has 33 heavy (non-hydrogen) atoms. The number of fused-ring (bicyclic) bond motifs is 4. The van der Waals surface area contributed by atoms with Gasteiger partial charge in [0.1, 0.15) is 17.2 Å². The van der Waals surface area contributed by atoms with Crippen molar-refractivity contribution < 1.29 is 0 Å². The van der Waals surface area contributed by atoms with Crippen molar-refractivity contribution in [3.8, 4) is 17.3 Å². The molecule has 0 saturated heterocycles. The summed E-state index contributed by atoms with van der Waals surface area (Å²) in [6, 6.07) is 21.3. The van der Waals surface area contributed by atoms with Crippen molar-refractivity contribution in [1.82, 2.24) is 14.4 Å². The van der Waals surface area contributed by atoms with Crippen molar-refractivity contribution in [3.63, 3.8) is 0 Å². The van der Waals surface area contributed by atoms with Crippen molar-refractivity contribution >= 4 is 33.3 Å². The first-order chi connectivity index (χ1) is 16.3. The van der Waals surface area contributed by atoms with Gasteiger partial charge in [-0.25, -0.2) is 4.98 Å². The lowest BCUT2D eigenvalue weighted by Gasteiger charge is -2.24. The van der Waals surface area contributed by atoms with Crippen LogP contribution >= 0.6 is 0 Å². The molecular weight excluding hydrogens is 406 g/mol. The highest BCUT2D eigenvalue weighted by molar-refractivity contribution is 6.08. The molecule has 1 fully saturated rings. The van der Waals surface area contributed by atoms with E-state index in [9.17, 15) is 5.26 Å². The Balaban J connectivity index is 0.00000111. The van der Waals surface area contributed by atoms with Gasteiger partial charge in [-0.2, -0.15) is 5.26 Å². The quantitative estimate of drug-likeness (QED) is 0.313. The lowest BCUT2D eigenvalue weighted by atomic mass is 9.95. The number of aromatic nitrogens is 3. The summed E-state index contributed by atoms with van der Waals surface area (Å²) in [5.74, 6) is 1.02. The van der Waals surface area contributed by atoms with Gasteiger partial charge in [0.15, 0.2) is 0 Å². The Morgan fingerprint density at radius 1 is 0.970 bits per heavy atom. The van der Waals surface area contributed by atoms with E-state index in [4.69, 9.17) is 4.98 Å². The minimum absolute atomic E-state index is 0.458. The molecule has 0 aliphatic heterocycles. The number of nitrogens with one attached hydrogen (secondary N) is 2. The second kappa shape index (κ2) is 8.99. The van der Waals surface area contributed by atoms with Crippen LogP contribution in [0.25, 0.3) is 38.7 Å². The summed E-state index contributed by atoms with van der Waals surface area (Å²) in [6.07, 6.45) is 8.18. The van der Waals surface area contributed by atoms with E-state index in [2.05, 4.69) is 63.2 Å². The second-order valence-electron chi connectivity index (χ2n) is 8.47. The van der Waals surface area contributed by atoms with E-state index < -0.39 is 0 Å². The molecule has 3 aromatic heterocycles. The van der Waals surface area contributed by atoms with Crippen LogP contribution in [0.4, 0.5) is 5.82 Å². The van der Waals surface area contributed by atoms with Crippen molar-refractivity contribution in [1.29, 1.82) is 5.26 Å².